The van der Waals surface area contributed by atoms with E-state index in [1.807, 2.05) is 0 Å². The third-order valence-corrected chi connectivity index (χ3v) is 5.45. The highest BCUT2D eigenvalue weighted by Crippen LogP contribution is 2.15. The van der Waals surface area contributed by atoms with E-state index in [4.69, 9.17) is 11.6 Å². The number of halogens is 2. The molecule has 1 atom stereocenters. The Kier molecular flexibility index (Phi) is 7.62. The number of nitrogens with one attached hydrogen (secondary N) is 2. The van der Waals surface area contributed by atoms with Crippen LogP contribution in [0, 0.1) is 0 Å². The van der Waals surface area contributed by atoms with Crippen LogP contribution in [0.3, 0.4) is 0 Å². The smallest absolute Gasteiger partial charge is 0.237 e. The predicted octanol–water partition coefficient (Wildman–Crippen LogP) is 1.79. The van der Waals surface area contributed by atoms with Crippen LogP contribution < -0.4 is 10.6 Å². The molecule has 0 bridgehead atoms. The Morgan fingerprint density at radius 3 is 2.55 bits per heavy atom. The van der Waals surface area contributed by atoms with Crippen LogP contribution in [0.15, 0.2) is 29.2 Å². The molecule has 0 saturated carbocycles. The molecule has 1 saturated heterocycles. The van der Waals surface area contributed by atoms with Gasteiger partial charge in [-0.25, -0.2) is 8.42 Å². The number of rotatable bonds is 5. The maximum Gasteiger partial charge on any atom is 0.237 e. The van der Waals surface area contributed by atoms with E-state index in [-0.39, 0.29) is 41.5 Å². The third-order valence-electron chi connectivity index (χ3n) is 3.47. The fourth-order valence-corrected chi connectivity index (χ4v) is 3.55. The summed E-state index contributed by atoms with van der Waals surface area (Å²) >= 11 is 5.73. The molecule has 0 aliphatic carbocycles. The molecule has 2 rings (SSSR count). The standard InChI is InChI=1S/C14H19ClN2O3S.ClH/c15-11-4-6-12(7-5-11)21(19,20)10-9-17-14(18)13-3-1-2-8-16-13;/h4-7,13,16H,1-3,8-10H2,(H,17,18);1H. The average molecular weight is 367 g/mol. The second-order valence-corrected chi connectivity index (χ2v) is 7.61. The number of benzene rings is 1. The number of piperidine rings is 1. The Morgan fingerprint density at radius 1 is 1.27 bits per heavy atom. The molecule has 0 radical (unpaired) electrons. The number of carbonyl (C=O) groups is 1. The van der Waals surface area contributed by atoms with Gasteiger partial charge in [0, 0.05) is 11.6 Å². The number of carbonyl (C=O) groups excluding carboxylic acids is 1. The van der Waals surface area contributed by atoms with Crippen molar-refractivity contribution in [2.45, 2.75) is 30.2 Å². The molecule has 8 heteroatoms. The lowest BCUT2D eigenvalue weighted by atomic mass is 10.0. The van der Waals surface area contributed by atoms with Crippen LogP contribution in [-0.2, 0) is 14.6 Å². The lowest BCUT2D eigenvalue weighted by Crippen LogP contribution is -2.47. The van der Waals surface area contributed by atoms with Crippen molar-refractivity contribution in [3.63, 3.8) is 0 Å². The van der Waals surface area contributed by atoms with Crippen LogP contribution in [0.25, 0.3) is 0 Å². The van der Waals surface area contributed by atoms with E-state index in [9.17, 15) is 13.2 Å². The van der Waals surface area contributed by atoms with Gasteiger partial charge >= 0.3 is 0 Å². The molecule has 1 heterocycles. The highest BCUT2D eigenvalue weighted by atomic mass is 35.5. The summed E-state index contributed by atoms with van der Waals surface area (Å²) in [7, 11) is -3.40. The molecule has 1 amide bonds. The Hall–Kier alpha value is -0.820. The van der Waals surface area contributed by atoms with Crippen LogP contribution >= 0.6 is 24.0 Å². The van der Waals surface area contributed by atoms with E-state index in [0.717, 1.165) is 25.8 Å². The van der Waals surface area contributed by atoms with E-state index in [1.54, 1.807) is 12.1 Å². The van der Waals surface area contributed by atoms with Crippen molar-refractivity contribution in [2.75, 3.05) is 18.8 Å². The second-order valence-electron chi connectivity index (χ2n) is 5.07. The molecule has 1 unspecified atom stereocenters. The van der Waals surface area contributed by atoms with Crippen molar-refractivity contribution < 1.29 is 13.2 Å². The molecule has 1 aliphatic rings. The maximum atomic E-state index is 12.1. The second kappa shape index (κ2) is 8.72. The van der Waals surface area contributed by atoms with Crippen LogP contribution in [0.2, 0.25) is 5.02 Å². The zero-order chi connectivity index (χ0) is 15.3. The summed E-state index contributed by atoms with van der Waals surface area (Å²) in [6, 6.07) is 5.83. The monoisotopic (exact) mass is 366 g/mol. The minimum atomic E-state index is -3.40. The molecule has 2 N–H and O–H groups in total. The summed E-state index contributed by atoms with van der Waals surface area (Å²) < 4.78 is 24.2. The average Bonchev–Trinajstić information content (AvgIpc) is 2.48. The fourth-order valence-electron chi connectivity index (χ4n) is 2.27. The first-order valence-corrected chi connectivity index (χ1v) is 9.01. The van der Waals surface area contributed by atoms with Gasteiger partial charge in [0.05, 0.1) is 16.7 Å². The number of sulfone groups is 1. The molecule has 124 valence electrons. The number of amides is 1. The van der Waals surface area contributed by atoms with Crippen molar-refractivity contribution in [1.29, 1.82) is 0 Å². The summed E-state index contributed by atoms with van der Waals surface area (Å²) in [5.74, 6) is -0.242. The van der Waals surface area contributed by atoms with Gasteiger partial charge in [-0.1, -0.05) is 18.0 Å². The Balaban J connectivity index is 0.00000242. The number of hydrogen-bond acceptors (Lipinski definition) is 4. The predicted molar refractivity (Wildman–Crippen MR) is 89.4 cm³/mol. The molecule has 1 aliphatic heterocycles. The minimum absolute atomic E-state index is 0. The molecule has 0 aromatic heterocycles. The van der Waals surface area contributed by atoms with Gasteiger partial charge in [-0.2, -0.15) is 0 Å². The van der Waals surface area contributed by atoms with Crippen molar-refractivity contribution in [3.05, 3.63) is 29.3 Å². The van der Waals surface area contributed by atoms with E-state index in [0.29, 0.717) is 5.02 Å². The molecule has 1 aromatic rings. The quantitative estimate of drug-likeness (QED) is 0.832. The number of hydrogen-bond donors (Lipinski definition) is 2. The largest absolute Gasteiger partial charge is 0.354 e. The van der Waals surface area contributed by atoms with Crippen molar-refractivity contribution >= 4 is 39.8 Å². The van der Waals surface area contributed by atoms with Gasteiger partial charge in [0.15, 0.2) is 9.84 Å². The normalized spacial score (nSPS) is 18.3. The Labute approximate surface area is 142 Å². The maximum absolute atomic E-state index is 12.1. The van der Waals surface area contributed by atoms with Gasteiger partial charge in [0.1, 0.15) is 0 Å². The van der Waals surface area contributed by atoms with Gasteiger partial charge in [-0.05, 0) is 43.7 Å². The summed E-state index contributed by atoms with van der Waals surface area (Å²) in [5, 5.41) is 6.30. The third kappa shape index (κ3) is 5.43. The van der Waals surface area contributed by atoms with Gasteiger partial charge in [-0.15, -0.1) is 12.4 Å². The van der Waals surface area contributed by atoms with E-state index in [2.05, 4.69) is 10.6 Å². The van der Waals surface area contributed by atoms with Crippen molar-refractivity contribution in [1.82, 2.24) is 10.6 Å². The van der Waals surface area contributed by atoms with Crippen LogP contribution in [0.4, 0.5) is 0 Å². The van der Waals surface area contributed by atoms with Gasteiger partial charge in [0.25, 0.3) is 0 Å². The summed E-state index contributed by atoms with van der Waals surface area (Å²) in [5.41, 5.74) is 0. The zero-order valence-corrected chi connectivity index (χ0v) is 14.4. The SMILES string of the molecule is Cl.O=C(NCCS(=O)(=O)c1ccc(Cl)cc1)C1CCCCN1. The molecule has 5 nitrogen and oxygen atoms in total. The van der Waals surface area contributed by atoms with Gasteiger partial charge in [0.2, 0.25) is 5.91 Å². The highest BCUT2D eigenvalue weighted by Gasteiger charge is 2.21. The molecule has 22 heavy (non-hydrogen) atoms. The molecular formula is C14H20Cl2N2O3S. The zero-order valence-electron chi connectivity index (χ0n) is 12.0. The summed E-state index contributed by atoms with van der Waals surface area (Å²) in [4.78, 5) is 12.1. The highest BCUT2D eigenvalue weighted by molar-refractivity contribution is 7.91. The van der Waals surface area contributed by atoms with Crippen molar-refractivity contribution in [3.8, 4) is 0 Å². The Morgan fingerprint density at radius 2 is 1.95 bits per heavy atom. The first-order chi connectivity index (χ1) is 9.99. The van der Waals surface area contributed by atoms with Crippen LogP contribution in [0.1, 0.15) is 19.3 Å². The van der Waals surface area contributed by atoms with Gasteiger partial charge in [-0.3, -0.25) is 4.79 Å². The van der Waals surface area contributed by atoms with Gasteiger partial charge < -0.3 is 10.6 Å². The Bertz CT molecular complexity index is 585. The lowest BCUT2D eigenvalue weighted by molar-refractivity contribution is -0.123. The van der Waals surface area contributed by atoms with Crippen LogP contribution in [-0.4, -0.2) is 39.2 Å². The fraction of sp³-hybridized carbons (Fsp3) is 0.500. The minimum Gasteiger partial charge on any atom is -0.354 e. The molecule has 1 aromatic carbocycles. The molecule has 0 spiro atoms. The molecular weight excluding hydrogens is 347 g/mol. The molecule has 1 fully saturated rings. The summed E-state index contributed by atoms with van der Waals surface area (Å²) in [6.45, 7) is 0.948. The van der Waals surface area contributed by atoms with E-state index >= 15 is 0 Å². The topological polar surface area (TPSA) is 75.3 Å². The first-order valence-electron chi connectivity index (χ1n) is 6.98. The summed E-state index contributed by atoms with van der Waals surface area (Å²) in [6.07, 6.45) is 2.90. The van der Waals surface area contributed by atoms with E-state index in [1.165, 1.54) is 12.1 Å². The first kappa shape index (κ1) is 19.2. The van der Waals surface area contributed by atoms with E-state index < -0.39 is 9.84 Å². The van der Waals surface area contributed by atoms with Crippen molar-refractivity contribution in [2.24, 2.45) is 0 Å². The lowest BCUT2D eigenvalue weighted by Gasteiger charge is -2.22. The van der Waals surface area contributed by atoms with Crippen LogP contribution in [0.5, 0.6) is 0 Å².